The molecule has 0 bridgehead atoms. The van der Waals surface area contributed by atoms with Crippen LogP contribution in [-0.2, 0) is 22.8 Å². The number of piperidine rings is 1. The number of methoxy groups -OCH3 is 1. The summed E-state index contributed by atoms with van der Waals surface area (Å²) >= 11 is 0. The second-order valence-corrected chi connectivity index (χ2v) is 10.2. The number of benzene rings is 2. The molecule has 1 N–H and O–H groups in total. The number of nitrogens with zero attached hydrogens (tertiary/aromatic N) is 1. The Hall–Kier alpha value is -1.89. The first kappa shape index (κ1) is 20.4. The summed E-state index contributed by atoms with van der Waals surface area (Å²) in [6.07, 6.45) is 2.63. The molecule has 0 saturated carbocycles. The Morgan fingerprint density at radius 1 is 1.07 bits per heavy atom. The topological polar surface area (TPSA) is 58.6 Å². The smallest absolute Gasteiger partial charge is 0.194 e. The third-order valence-electron chi connectivity index (χ3n) is 6.27. The SMILES string of the molecule is COc1ccc2c(c1)CCN(C(C1CCNCC1)S(=O)(=O)c1ccc(C)cc1)C2. The molecule has 2 aromatic carbocycles. The van der Waals surface area contributed by atoms with Crippen molar-refractivity contribution in [2.45, 2.75) is 43.0 Å². The number of ether oxygens (including phenoxy) is 1. The summed E-state index contributed by atoms with van der Waals surface area (Å²) in [7, 11) is -1.78. The van der Waals surface area contributed by atoms with Crippen LogP contribution in [0.1, 0.15) is 29.5 Å². The van der Waals surface area contributed by atoms with E-state index in [2.05, 4.69) is 22.3 Å². The van der Waals surface area contributed by atoms with Gasteiger partial charge in [0.2, 0.25) is 0 Å². The predicted molar refractivity (Wildman–Crippen MR) is 115 cm³/mol. The summed E-state index contributed by atoms with van der Waals surface area (Å²) in [5.41, 5.74) is 3.54. The molecule has 1 saturated heterocycles. The van der Waals surface area contributed by atoms with Crippen LogP contribution in [0.2, 0.25) is 0 Å². The third kappa shape index (κ3) is 4.20. The maximum Gasteiger partial charge on any atom is 0.194 e. The second-order valence-electron chi connectivity index (χ2n) is 8.19. The van der Waals surface area contributed by atoms with Crippen molar-refractivity contribution < 1.29 is 13.2 Å². The summed E-state index contributed by atoms with van der Waals surface area (Å²) < 4.78 is 32.9. The fourth-order valence-corrected chi connectivity index (χ4v) is 6.79. The first-order chi connectivity index (χ1) is 14.0. The number of aryl methyl sites for hydroxylation is 1. The zero-order chi connectivity index (χ0) is 20.4. The number of fused-ring (bicyclic) bond motifs is 1. The molecule has 1 atom stereocenters. The van der Waals surface area contributed by atoms with Crippen molar-refractivity contribution in [2.75, 3.05) is 26.7 Å². The summed E-state index contributed by atoms with van der Waals surface area (Å²) in [6.45, 7) is 5.16. The lowest BCUT2D eigenvalue weighted by atomic mass is 9.94. The average Bonchev–Trinajstić information content (AvgIpc) is 2.74. The van der Waals surface area contributed by atoms with E-state index in [1.807, 2.05) is 25.1 Å². The number of hydrogen-bond acceptors (Lipinski definition) is 5. The Morgan fingerprint density at radius 3 is 2.48 bits per heavy atom. The molecule has 2 aromatic rings. The van der Waals surface area contributed by atoms with E-state index >= 15 is 0 Å². The fourth-order valence-electron chi connectivity index (χ4n) is 4.64. The van der Waals surface area contributed by atoms with Gasteiger partial charge < -0.3 is 10.1 Å². The largest absolute Gasteiger partial charge is 0.497 e. The predicted octanol–water partition coefficient (Wildman–Crippen LogP) is 3.16. The molecular formula is C23H30N2O3S. The zero-order valence-corrected chi connectivity index (χ0v) is 18.0. The number of hydrogen-bond donors (Lipinski definition) is 1. The molecule has 0 radical (unpaired) electrons. The molecule has 2 aliphatic heterocycles. The summed E-state index contributed by atoms with van der Waals surface area (Å²) in [5, 5.41) is 2.89. The van der Waals surface area contributed by atoms with Crippen LogP contribution in [0.4, 0.5) is 0 Å². The van der Waals surface area contributed by atoms with Crippen molar-refractivity contribution in [2.24, 2.45) is 5.92 Å². The van der Waals surface area contributed by atoms with Crippen LogP contribution >= 0.6 is 0 Å². The van der Waals surface area contributed by atoms with Crippen molar-refractivity contribution >= 4 is 9.84 Å². The fraction of sp³-hybridized carbons (Fsp3) is 0.478. The van der Waals surface area contributed by atoms with E-state index in [1.54, 1.807) is 19.2 Å². The Balaban J connectivity index is 1.68. The average molecular weight is 415 g/mol. The molecule has 0 aliphatic carbocycles. The molecule has 29 heavy (non-hydrogen) atoms. The lowest BCUT2D eigenvalue weighted by Gasteiger charge is -2.40. The van der Waals surface area contributed by atoms with Crippen LogP contribution in [-0.4, -0.2) is 45.4 Å². The highest BCUT2D eigenvalue weighted by Crippen LogP contribution is 2.34. The van der Waals surface area contributed by atoms with Gasteiger partial charge in [0, 0.05) is 13.1 Å². The van der Waals surface area contributed by atoms with Crippen LogP contribution in [0.3, 0.4) is 0 Å². The molecule has 0 amide bonds. The minimum atomic E-state index is -3.46. The summed E-state index contributed by atoms with van der Waals surface area (Å²) in [6, 6.07) is 13.5. The van der Waals surface area contributed by atoms with E-state index in [4.69, 9.17) is 4.74 Å². The minimum absolute atomic E-state index is 0.141. The van der Waals surface area contributed by atoms with Gasteiger partial charge in [-0.1, -0.05) is 23.8 Å². The van der Waals surface area contributed by atoms with Crippen LogP contribution in [0.15, 0.2) is 47.4 Å². The van der Waals surface area contributed by atoms with Gasteiger partial charge in [-0.15, -0.1) is 0 Å². The lowest BCUT2D eigenvalue weighted by Crippen LogP contribution is -2.50. The van der Waals surface area contributed by atoms with Gasteiger partial charge in [-0.3, -0.25) is 4.90 Å². The standard InChI is InChI=1S/C23H30N2O3S/c1-17-3-7-22(8-4-17)29(26,27)23(18-9-12-24-13-10-18)25-14-11-19-15-21(28-2)6-5-20(19)16-25/h3-8,15,18,23-24H,9-14,16H2,1-2H3. The maximum atomic E-state index is 13.8. The first-order valence-electron chi connectivity index (χ1n) is 10.4. The van der Waals surface area contributed by atoms with Gasteiger partial charge in [0.1, 0.15) is 11.1 Å². The first-order valence-corrected chi connectivity index (χ1v) is 11.9. The quantitative estimate of drug-likeness (QED) is 0.814. The number of sulfone groups is 1. The van der Waals surface area contributed by atoms with Gasteiger partial charge in [0.25, 0.3) is 0 Å². The van der Waals surface area contributed by atoms with Crippen molar-refractivity contribution in [3.8, 4) is 5.75 Å². The van der Waals surface area contributed by atoms with Gasteiger partial charge in [-0.25, -0.2) is 8.42 Å². The van der Waals surface area contributed by atoms with Crippen molar-refractivity contribution in [3.63, 3.8) is 0 Å². The highest BCUT2D eigenvalue weighted by atomic mass is 32.2. The molecule has 6 heteroatoms. The van der Waals surface area contributed by atoms with Gasteiger partial charge >= 0.3 is 0 Å². The normalized spacial score (nSPS) is 19.5. The second kappa shape index (κ2) is 8.46. The summed E-state index contributed by atoms with van der Waals surface area (Å²) in [5.74, 6) is 1.00. The Bertz CT molecular complexity index is 951. The van der Waals surface area contributed by atoms with E-state index in [-0.39, 0.29) is 5.92 Å². The molecule has 0 aromatic heterocycles. The number of nitrogens with one attached hydrogen (secondary N) is 1. The van der Waals surface area contributed by atoms with Crippen LogP contribution in [0, 0.1) is 12.8 Å². The highest BCUT2D eigenvalue weighted by molar-refractivity contribution is 7.92. The number of rotatable bonds is 5. The van der Waals surface area contributed by atoms with Crippen LogP contribution < -0.4 is 10.1 Å². The highest BCUT2D eigenvalue weighted by Gasteiger charge is 2.40. The van der Waals surface area contributed by atoms with Crippen molar-refractivity contribution in [1.29, 1.82) is 0 Å². The molecule has 1 unspecified atom stereocenters. The lowest BCUT2D eigenvalue weighted by molar-refractivity contribution is 0.159. The molecule has 1 fully saturated rings. The third-order valence-corrected chi connectivity index (χ3v) is 8.52. The molecule has 0 spiro atoms. The Morgan fingerprint density at radius 2 is 1.79 bits per heavy atom. The molecule has 2 aliphatic rings. The molecule has 2 heterocycles. The van der Waals surface area contributed by atoms with Gasteiger partial charge in [0.05, 0.1) is 12.0 Å². The van der Waals surface area contributed by atoms with Crippen molar-refractivity contribution in [1.82, 2.24) is 10.2 Å². The monoisotopic (exact) mass is 414 g/mol. The maximum absolute atomic E-state index is 13.8. The zero-order valence-electron chi connectivity index (χ0n) is 17.2. The van der Waals surface area contributed by atoms with E-state index in [9.17, 15) is 8.42 Å². The van der Waals surface area contributed by atoms with E-state index in [0.29, 0.717) is 11.4 Å². The molecule has 5 nitrogen and oxygen atoms in total. The summed E-state index contributed by atoms with van der Waals surface area (Å²) in [4.78, 5) is 2.63. The van der Waals surface area contributed by atoms with Crippen LogP contribution in [0.25, 0.3) is 0 Å². The van der Waals surface area contributed by atoms with Gasteiger partial charge in [-0.2, -0.15) is 0 Å². The Kier molecular flexibility index (Phi) is 5.95. The molecule has 156 valence electrons. The molecule has 4 rings (SSSR count). The van der Waals surface area contributed by atoms with Gasteiger partial charge in [-0.05, 0) is 80.6 Å². The minimum Gasteiger partial charge on any atom is -0.497 e. The van der Waals surface area contributed by atoms with E-state index < -0.39 is 15.2 Å². The van der Waals surface area contributed by atoms with Crippen molar-refractivity contribution in [3.05, 3.63) is 59.2 Å². The van der Waals surface area contributed by atoms with E-state index in [0.717, 1.165) is 50.2 Å². The Labute approximate surface area is 174 Å². The van der Waals surface area contributed by atoms with E-state index in [1.165, 1.54) is 11.1 Å². The van der Waals surface area contributed by atoms with Crippen LogP contribution in [0.5, 0.6) is 5.75 Å². The van der Waals surface area contributed by atoms with Gasteiger partial charge in [0.15, 0.2) is 9.84 Å². The molecular weight excluding hydrogens is 384 g/mol.